The topological polar surface area (TPSA) is 114 Å². The van der Waals surface area contributed by atoms with Gasteiger partial charge in [-0.3, -0.25) is 5.10 Å². The third-order valence-corrected chi connectivity index (χ3v) is 4.82. The van der Waals surface area contributed by atoms with Gasteiger partial charge in [-0.2, -0.15) is 5.10 Å². The van der Waals surface area contributed by atoms with Gasteiger partial charge in [-0.25, -0.2) is 18.5 Å². The van der Waals surface area contributed by atoms with Crippen LogP contribution < -0.4 is 10.5 Å². The fraction of sp³-hybridized carbons (Fsp3) is 0.333. The van der Waals surface area contributed by atoms with Crippen molar-refractivity contribution in [3.05, 3.63) is 23.1 Å². The molecule has 4 N–H and O–H groups in total. The van der Waals surface area contributed by atoms with Gasteiger partial charge in [0.1, 0.15) is 0 Å². The first-order chi connectivity index (χ1) is 8.38. The number of aryl methyl sites for hydroxylation is 2. The number of anilines is 1. The van der Waals surface area contributed by atoms with Crippen LogP contribution in [0, 0.1) is 13.8 Å². The number of rotatable bonds is 4. The first-order valence-electron chi connectivity index (χ1n) is 5.11. The van der Waals surface area contributed by atoms with E-state index in [1.54, 1.807) is 0 Å². The smallest absolute Gasteiger partial charge is 0.249 e. The lowest BCUT2D eigenvalue weighted by Crippen LogP contribution is -2.09. The molecule has 0 radical (unpaired) electrons. The normalized spacial score (nSPS) is 11.7. The van der Waals surface area contributed by atoms with Crippen molar-refractivity contribution in [1.29, 1.82) is 0 Å². The molecule has 0 aliphatic heterocycles. The van der Waals surface area contributed by atoms with E-state index in [2.05, 4.69) is 20.5 Å². The predicted octanol–water partition coefficient (Wildman–Crippen LogP) is 0.743. The van der Waals surface area contributed by atoms with Crippen LogP contribution in [0.2, 0.25) is 0 Å². The zero-order valence-corrected chi connectivity index (χ0v) is 11.5. The number of H-pyrrole nitrogens is 1. The Kier molecular flexibility index (Phi) is 3.37. The molecule has 98 valence electrons. The maximum absolute atomic E-state index is 11.1. The predicted molar refractivity (Wildman–Crippen MR) is 68.9 cm³/mol. The van der Waals surface area contributed by atoms with Crippen molar-refractivity contribution in [2.45, 2.75) is 24.6 Å². The molecule has 0 aliphatic rings. The molecule has 2 rings (SSSR count). The number of nitrogens with zero attached hydrogens (tertiary/aromatic N) is 2. The van der Waals surface area contributed by atoms with Gasteiger partial charge >= 0.3 is 0 Å². The van der Waals surface area contributed by atoms with E-state index in [1.165, 1.54) is 6.20 Å². The van der Waals surface area contributed by atoms with Crippen LogP contribution in [-0.4, -0.2) is 23.6 Å². The van der Waals surface area contributed by atoms with E-state index >= 15 is 0 Å². The molecule has 0 aliphatic carbocycles. The number of aromatic amines is 1. The Labute approximate surface area is 108 Å². The van der Waals surface area contributed by atoms with Gasteiger partial charge < -0.3 is 5.32 Å². The molecular formula is C9H13N5O2S2. The molecule has 0 saturated carbocycles. The van der Waals surface area contributed by atoms with Crippen LogP contribution in [0.1, 0.15) is 17.0 Å². The van der Waals surface area contributed by atoms with Gasteiger partial charge in [-0.15, -0.1) is 0 Å². The number of aromatic nitrogens is 3. The van der Waals surface area contributed by atoms with Gasteiger partial charge in [-0.1, -0.05) is 11.3 Å². The molecule has 2 aromatic heterocycles. The fourth-order valence-corrected chi connectivity index (χ4v) is 2.92. The van der Waals surface area contributed by atoms with Crippen LogP contribution in [0.15, 0.2) is 10.4 Å². The molecule has 0 bridgehead atoms. The number of thiazole rings is 1. The zero-order valence-electron chi connectivity index (χ0n) is 9.89. The van der Waals surface area contributed by atoms with Crippen LogP contribution in [0.3, 0.4) is 0 Å². The third-order valence-electron chi connectivity index (χ3n) is 2.46. The largest absolute Gasteiger partial charge is 0.357 e. The second kappa shape index (κ2) is 4.67. The SMILES string of the molecule is Cc1n[nH]c(C)c1CNc1ncc(S(N)(=O)=O)s1. The number of primary sulfonamides is 1. The van der Waals surface area contributed by atoms with Crippen molar-refractivity contribution < 1.29 is 8.42 Å². The van der Waals surface area contributed by atoms with Gasteiger partial charge in [0.2, 0.25) is 10.0 Å². The lowest BCUT2D eigenvalue weighted by atomic mass is 10.2. The average Bonchev–Trinajstić information content (AvgIpc) is 2.84. The molecule has 9 heteroatoms. The van der Waals surface area contributed by atoms with Crippen molar-refractivity contribution in [3.8, 4) is 0 Å². The molecule has 0 amide bonds. The molecular weight excluding hydrogens is 274 g/mol. The molecule has 2 aromatic rings. The highest BCUT2D eigenvalue weighted by molar-refractivity contribution is 7.91. The summed E-state index contributed by atoms with van der Waals surface area (Å²) in [6, 6.07) is 0. The van der Waals surface area contributed by atoms with E-state index in [0.717, 1.165) is 28.3 Å². The number of hydrogen-bond donors (Lipinski definition) is 3. The monoisotopic (exact) mass is 287 g/mol. The third kappa shape index (κ3) is 2.68. The van der Waals surface area contributed by atoms with E-state index in [1.807, 2.05) is 13.8 Å². The number of hydrogen-bond acceptors (Lipinski definition) is 6. The second-order valence-corrected chi connectivity index (χ2v) is 6.61. The van der Waals surface area contributed by atoms with Gasteiger partial charge in [0, 0.05) is 17.8 Å². The first-order valence-corrected chi connectivity index (χ1v) is 7.47. The van der Waals surface area contributed by atoms with Gasteiger partial charge in [0.25, 0.3) is 0 Å². The molecule has 0 fully saturated rings. The molecule has 0 saturated heterocycles. The summed E-state index contributed by atoms with van der Waals surface area (Å²) in [4.78, 5) is 3.96. The number of nitrogens with two attached hydrogens (primary N) is 1. The van der Waals surface area contributed by atoms with Crippen LogP contribution in [0.25, 0.3) is 0 Å². The van der Waals surface area contributed by atoms with Crippen molar-refractivity contribution in [1.82, 2.24) is 15.2 Å². The minimum atomic E-state index is -3.67. The molecule has 0 spiro atoms. The maximum Gasteiger partial charge on any atom is 0.249 e. The summed E-state index contributed by atoms with van der Waals surface area (Å²) in [5, 5.41) is 15.5. The molecule has 0 aromatic carbocycles. The van der Waals surface area contributed by atoms with Crippen molar-refractivity contribution in [2.24, 2.45) is 5.14 Å². The summed E-state index contributed by atoms with van der Waals surface area (Å²) >= 11 is 1.01. The lowest BCUT2D eigenvalue weighted by Gasteiger charge is -2.02. The Morgan fingerprint density at radius 2 is 2.22 bits per heavy atom. The Hall–Kier alpha value is -1.45. The zero-order chi connectivity index (χ0) is 13.3. The van der Waals surface area contributed by atoms with Crippen LogP contribution in [0.4, 0.5) is 5.13 Å². The first kappa shape index (κ1) is 13.0. The summed E-state index contributed by atoms with van der Waals surface area (Å²) in [7, 11) is -3.67. The van der Waals surface area contributed by atoms with E-state index in [-0.39, 0.29) is 4.21 Å². The molecule has 2 heterocycles. The highest BCUT2D eigenvalue weighted by Gasteiger charge is 2.13. The minimum absolute atomic E-state index is 0.0469. The van der Waals surface area contributed by atoms with Crippen LogP contribution in [0.5, 0.6) is 0 Å². The van der Waals surface area contributed by atoms with Crippen molar-refractivity contribution in [3.63, 3.8) is 0 Å². The maximum atomic E-state index is 11.1. The van der Waals surface area contributed by atoms with Gasteiger partial charge in [-0.05, 0) is 13.8 Å². The summed E-state index contributed by atoms with van der Waals surface area (Å²) in [5.41, 5.74) is 2.92. The van der Waals surface area contributed by atoms with E-state index in [0.29, 0.717) is 11.7 Å². The quantitative estimate of drug-likeness (QED) is 0.767. The lowest BCUT2D eigenvalue weighted by molar-refractivity contribution is 0.599. The highest BCUT2D eigenvalue weighted by atomic mass is 32.2. The number of nitrogens with one attached hydrogen (secondary N) is 2. The Morgan fingerprint density at radius 1 is 1.50 bits per heavy atom. The Morgan fingerprint density at radius 3 is 2.72 bits per heavy atom. The summed E-state index contributed by atoms with van der Waals surface area (Å²) in [6.07, 6.45) is 1.25. The van der Waals surface area contributed by atoms with E-state index < -0.39 is 10.0 Å². The minimum Gasteiger partial charge on any atom is -0.357 e. The van der Waals surface area contributed by atoms with E-state index in [9.17, 15) is 8.42 Å². The van der Waals surface area contributed by atoms with Crippen LogP contribution in [-0.2, 0) is 16.6 Å². The molecule has 18 heavy (non-hydrogen) atoms. The van der Waals surface area contributed by atoms with E-state index in [4.69, 9.17) is 5.14 Å². The van der Waals surface area contributed by atoms with Gasteiger partial charge in [0.05, 0.1) is 11.9 Å². The standard InChI is InChI=1S/C9H13N5O2S2/c1-5-7(6(2)14-13-5)3-11-9-12-4-8(17-9)18(10,15)16/h4H,3H2,1-2H3,(H,11,12)(H,13,14)(H2,10,15,16). The summed E-state index contributed by atoms with van der Waals surface area (Å²) in [5.74, 6) is 0. The highest BCUT2D eigenvalue weighted by Crippen LogP contribution is 2.22. The van der Waals surface area contributed by atoms with Crippen LogP contribution >= 0.6 is 11.3 Å². The molecule has 7 nitrogen and oxygen atoms in total. The van der Waals surface area contributed by atoms with Crippen molar-refractivity contribution >= 4 is 26.5 Å². The Bertz CT molecular complexity index is 639. The van der Waals surface area contributed by atoms with Gasteiger partial charge in [0.15, 0.2) is 9.34 Å². The Balaban J connectivity index is 2.10. The fourth-order valence-electron chi connectivity index (χ4n) is 1.47. The second-order valence-electron chi connectivity index (χ2n) is 3.80. The van der Waals surface area contributed by atoms with Crippen molar-refractivity contribution in [2.75, 3.05) is 5.32 Å². The summed E-state index contributed by atoms with van der Waals surface area (Å²) in [6.45, 7) is 4.36. The molecule has 0 atom stereocenters. The molecule has 0 unspecified atom stereocenters. The average molecular weight is 287 g/mol. The summed E-state index contributed by atoms with van der Waals surface area (Å²) < 4.78 is 22.2. The number of sulfonamides is 1.